The van der Waals surface area contributed by atoms with E-state index in [0.717, 1.165) is 25.9 Å². The summed E-state index contributed by atoms with van der Waals surface area (Å²) in [5, 5.41) is 13.5. The molecule has 1 aliphatic heterocycles. The van der Waals surface area contributed by atoms with E-state index in [-0.39, 0.29) is 5.69 Å². The SMILES string of the molecule is O=[N+]([O-])c1cnc(NCCC2CCCCO2)nc1. The highest BCUT2D eigenvalue weighted by atomic mass is 16.6. The molecule has 0 bridgehead atoms. The van der Waals surface area contributed by atoms with E-state index in [1.807, 2.05) is 0 Å². The zero-order valence-corrected chi connectivity index (χ0v) is 10.0. The van der Waals surface area contributed by atoms with Gasteiger partial charge in [-0.2, -0.15) is 0 Å². The van der Waals surface area contributed by atoms with Gasteiger partial charge >= 0.3 is 5.69 Å². The van der Waals surface area contributed by atoms with Crippen molar-refractivity contribution in [3.8, 4) is 0 Å². The van der Waals surface area contributed by atoms with Gasteiger partial charge in [0.1, 0.15) is 12.4 Å². The third kappa shape index (κ3) is 3.63. The van der Waals surface area contributed by atoms with Gasteiger partial charge in [-0.1, -0.05) is 0 Å². The molecule has 0 amide bonds. The van der Waals surface area contributed by atoms with Gasteiger partial charge in [0.15, 0.2) is 0 Å². The zero-order valence-electron chi connectivity index (χ0n) is 10.0. The quantitative estimate of drug-likeness (QED) is 0.634. The highest BCUT2D eigenvalue weighted by molar-refractivity contribution is 5.30. The lowest BCUT2D eigenvalue weighted by Gasteiger charge is -2.22. The molecule has 1 aromatic heterocycles. The Bertz CT molecular complexity index is 390. The van der Waals surface area contributed by atoms with E-state index in [2.05, 4.69) is 15.3 Å². The van der Waals surface area contributed by atoms with Crippen molar-refractivity contribution < 1.29 is 9.66 Å². The van der Waals surface area contributed by atoms with Gasteiger partial charge < -0.3 is 10.1 Å². The summed E-state index contributed by atoms with van der Waals surface area (Å²) in [4.78, 5) is 17.7. The molecule has 0 saturated carbocycles. The van der Waals surface area contributed by atoms with Crippen LogP contribution in [0.5, 0.6) is 0 Å². The minimum atomic E-state index is -0.514. The fraction of sp³-hybridized carbons (Fsp3) is 0.636. The highest BCUT2D eigenvalue weighted by Crippen LogP contribution is 2.15. The van der Waals surface area contributed by atoms with Crippen LogP contribution < -0.4 is 5.32 Å². The van der Waals surface area contributed by atoms with Crippen LogP contribution >= 0.6 is 0 Å². The van der Waals surface area contributed by atoms with Crippen molar-refractivity contribution in [2.24, 2.45) is 0 Å². The van der Waals surface area contributed by atoms with Crippen molar-refractivity contribution >= 4 is 11.6 Å². The van der Waals surface area contributed by atoms with Crippen molar-refractivity contribution in [3.05, 3.63) is 22.5 Å². The van der Waals surface area contributed by atoms with Crippen LogP contribution in [0, 0.1) is 10.1 Å². The number of hydrogen-bond acceptors (Lipinski definition) is 6. The van der Waals surface area contributed by atoms with Crippen LogP contribution in [-0.2, 0) is 4.74 Å². The minimum absolute atomic E-state index is 0.101. The molecule has 0 aliphatic carbocycles. The second-order valence-corrected chi connectivity index (χ2v) is 4.23. The molecule has 0 aromatic carbocycles. The Kier molecular flexibility index (Phi) is 4.40. The molecule has 98 valence electrons. The molecule has 1 saturated heterocycles. The first-order chi connectivity index (χ1) is 8.75. The third-order valence-electron chi connectivity index (χ3n) is 2.87. The second kappa shape index (κ2) is 6.25. The molecule has 0 spiro atoms. The Balaban J connectivity index is 1.74. The Labute approximate surface area is 105 Å². The van der Waals surface area contributed by atoms with Gasteiger partial charge in [0.25, 0.3) is 0 Å². The summed E-state index contributed by atoms with van der Waals surface area (Å²) in [5.41, 5.74) is -0.101. The summed E-state index contributed by atoms with van der Waals surface area (Å²) in [6, 6.07) is 0. The standard InChI is InChI=1S/C11H16N4O3/c16-15(17)9-7-13-11(14-8-9)12-5-4-10-3-1-2-6-18-10/h7-8,10H,1-6H2,(H,12,13,14). The second-order valence-electron chi connectivity index (χ2n) is 4.23. The molecule has 1 fully saturated rings. The number of rotatable bonds is 5. The van der Waals surface area contributed by atoms with E-state index in [1.54, 1.807) is 0 Å². The summed E-state index contributed by atoms with van der Waals surface area (Å²) in [7, 11) is 0. The minimum Gasteiger partial charge on any atom is -0.378 e. The van der Waals surface area contributed by atoms with Crippen LogP contribution in [0.1, 0.15) is 25.7 Å². The maximum absolute atomic E-state index is 10.4. The van der Waals surface area contributed by atoms with E-state index < -0.39 is 4.92 Å². The van der Waals surface area contributed by atoms with Gasteiger partial charge in [-0.15, -0.1) is 0 Å². The van der Waals surface area contributed by atoms with Crippen LogP contribution in [0.15, 0.2) is 12.4 Å². The predicted octanol–water partition coefficient (Wildman–Crippen LogP) is 1.76. The molecule has 1 unspecified atom stereocenters. The van der Waals surface area contributed by atoms with E-state index in [1.165, 1.54) is 18.8 Å². The van der Waals surface area contributed by atoms with Gasteiger partial charge in [-0.3, -0.25) is 10.1 Å². The molecule has 1 atom stereocenters. The van der Waals surface area contributed by atoms with E-state index >= 15 is 0 Å². The Morgan fingerprint density at radius 3 is 2.83 bits per heavy atom. The summed E-state index contributed by atoms with van der Waals surface area (Å²) >= 11 is 0. The molecule has 7 nitrogen and oxygen atoms in total. The number of anilines is 1. The van der Waals surface area contributed by atoms with Crippen molar-refractivity contribution in [2.75, 3.05) is 18.5 Å². The molecular formula is C11H16N4O3. The first-order valence-corrected chi connectivity index (χ1v) is 6.07. The smallest absolute Gasteiger partial charge is 0.305 e. The van der Waals surface area contributed by atoms with Crippen molar-refractivity contribution in [1.82, 2.24) is 9.97 Å². The van der Waals surface area contributed by atoms with Crippen LogP contribution in [0.25, 0.3) is 0 Å². The Morgan fingerprint density at radius 1 is 1.44 bits per heavy atom. The summed E-state index contributed by atoms with van der Waals surface area (Å²) in [5.74, 6) is 0.413. The number of ether oxygens (including phenoxy) is 1. The van der Waals surface area contributed by atoms with E-state index in [0.29, 0.717) is 18.6 Å². The first-order valence-electron chi connectivity index (χ1n) is 6.07. The number of nitro groups is 1. The third-order valence-corrected chi connectivity index (χ3v) is 2.87. The van der Waals surface area contributed by atoms with Crippen LogP contribution in [0.2, 0.25) is 0 Å². The van der Waals surface area contributed by atoms with E-state index in [9.17, 15) is 10.1 Å². The van der Waals surface area contributed by atoms with Crippen molar-refractivity contribution in [3.63, 3.8) is 0 Å². The highest BCUT2D eigenvalue weighted by Gasteiger charge is 2.13. The molecule has 1 aromatic rings. The van der Waals surface area contributed by atoms with Crippen molar-refractivity contribution in [2.45, 2.75) is 31.8 Å². The van der Waals surface area contributed by atoms with Gasteiger partial charge in [0, 0.05) is 13.2 Å². The number of hydrogen-bond donors (Lipinski definition) is 1. The predicted molar refractivity (Wildman–Crippen MR) is 65.4 cm³/mol. The summed E-state index contributed by atoms with van der Waals surface area (Å²) < 4.78 is 5.60. The normalized spacial score (nSPS) is 19.4. The molecule has 1 N–H and O–H groups in total. The fourth-order valence-electron chi connectivity index (χ4n) is 1.89. The molecular weight excluding hydrogens is 236 g/mol. The molecule has 0 radical (unpaired) electrons. The van der Waals surface area contributed by atoms with Crippen LogP contribution in [0.3, 0.4) is 0 Å². The Hall–Kier alpha value is -1.76. The lowest BCUT2D eigenvalue weighted by molar-refractivity contribution is -0.385. The first kappa shape index (κ1) is 12.7. The average Bonchev–Trinajstić information content (AvgIpc) is 2.40. The molecule has 7 heteroatoms. The number of nitrogens with one attached hydrogen (secondary N) is 1. The maximum Gasteiger partial charge on any atom is 0.305 e. The molecule has 1 aliphatic rings. The lowest BCUT2D eigenvalue weighted by atomic mass is 10.1. The van der Waals surface area contributed by atoms with Gasteiger partial charge in [0.05, 0.1) is 11.0 Å². The van der Waals surface area contributed by atoms with Crippen molar-refractivity contribution in [1.29, 1.82) is 0 Å². The lowest BCUT2D eigenvalue weighted by Crippen LogP contribution is -2.22. The topological polar surface area (TPSA) is 90.2 Å². The zero-order chi connectivity index (χ0) is 12.8. The van der Waals surface area contributed by atoms with Crippen LogP contribution in [0.4, 0.5) is 11.6 Å². The Morgan fingerprint density at radius 2 is 2.22 bits per heavy atom. The van der Waals surface area contributed by atoms with Gasteiger partial charge in [-0.05, 0) is 25.7 Å². The molecule has 18 heavy (non-hydrogen) atoms. The summed E-state index contributed by atoms with van der Waals surface area (Å²) in [6.45, 7) is 1.56. The monoisotopic (exact) mass is 252 g/mol. The number of nitrogens with zero attached hydrogens (tertiary/aromatic N) is 3. The summed E-state index contributed by atoms with van der Waals surface area (Å²) in [6.07, 6.45) is 7.08. The van der Waals surface area contributed by atoms with Gasteiger partial charge in [0.2, 0.25) is 5.95 Å². The molecule has 2 heterocycles. The number of aromatic nitrogens is 2. The van der Waals surface area contributed by atoms with E-state index in [4.69, 9.17) is 4.74 Å². The largest absolute Gasteiger partial charge is 0.378 e. The van der Waals surface area contributed by atoms with Crippen LogP contribution in [-0.4, -0.2) is 34.1 Å². The van der Waals surface area contributed by atoms with Gasteiger partial charge in [-0.25, -0.2) is 9.97 Å². The maximum atomic E-state index is 10.4. The molecule has 2 rings (SSSR count). The fourth-order valence-corrected chi connectivity index (χ4v) is 1.89. The average molecular weight is 252 g/mol.